The van der Waals surface area contributed by atoms with Crippen LogP contribution < -0.4 is 5.32 Å². The number of piperidine rings is 1. The van der Waals surface area contributed by atoms with E-state index in [1.165, 1.54) is 0 Å². The average Bonchev–Trinajstić information content (AvgIpc) is 3.28. The van der Waals surface area contributed by atoms with Crippen LogP contribution >= 0.6 is 0 Å². The molecule has 21 heavy (non-hydrogen) atoms. The third-order valence-corrected chi connectivity index (χ3v) is 4.36. The lowest BCUT2D eigenvalue weighted by atomic mass is 9.95. The first-order valence-corrected chi connectivity index (χ1v) is 8.22. The first kappa shape index (κ1) is 16.3. The van der Waals surface area contributed by atoms with E-state index >= 15 is 0 Å². The second kappa shape index (κ2) is 7.25. The highest BCUT2D eigenvalue weighted by molar-refractivity contribution is 5.82. The molecule has 0 aromatic heterocycles. The van der Waals surface area contributed by atoms with Crippen LogP contribution in [0.1, 0.15) is 46.0 Å². The van der Waals surface area contributed by atoms with Gasteiger partial charge in [0.05, 0.1) is 6.10 Å². The van der Waals surface area contributed by atoms with Gasteiger partial charge in [-0.2, -0.15) is 0 Å². The summed E-state index contributed by atoms with van der Waals surface area (Å²) in [6.07, 6.45) is 3.79. The van der Waals surface area contributed by atoms with Crippen molar-refractivity contribution in [2.75, 3.05) is 19.6 Å². The van der Waals surface area contributed by atoms with Crippen LogP contribution in [0.25, 0.3) is 0 Å². The number of aliphatic hydroxyl groups excluding tert-OH is 1. The number of nitrogens with zero attached hydrogens (tertiary/aromatic N) is 1. The van der Waals surface area contributed by atoms with Gasteiger partial charge in [-0.1, -0.05) is 13.8 Å². The van der Waals surface area contributed by atoms with E-state index in [4.69, 9.17) is 0 Å². The number of carbonyl (C=O) groups excluding carboxylic acids is 2. The van der Waals surface area contributed by atoms with E-state index in [1.54, 1.807) is 0 Å². The Morgan fingerprint density at radius 3 is 2.29 bits per heavy atom. The molecule has 1 aliphatic carbocycles. The number of aliphatic hydroxyl groups is 1. The zero-order chi connectivity index (χ0) is 15.4. The molecule has 0 bridgehead atoms. The van der Waals surface area contributed by atoms with Crippen molar-refractivity contribution in [3.05, 3.63) is 0 Å². The third kappa shape index (κ3) is 4.99. The maximum absolute atomic E-state index is 12.1. The molecule has 2 fully saturated rings. The van der Waals surface area contributed by atoms with Gasteiger partial charge in [0.15, 0.2) is 0 Å². The molecule has 1 saturated heterocycles. The standard InChI is InChI=1S/C16H28N2O3/c1-11(2)9-14(19)10-17-15(20)12-5-7-18(8-6-12)16(21)13-3-4-13/h11-14,19H,3-10H2,1-2H3,(H,17,20). The largest absolute Gasteiger partial charge is 0.391 e. The van der Waals surface area contributed by atoms with Gasteiger partial charge in [-0.3, -0.25) is 9.59 Å². The Morgan fingerprint density at radius 2 is 1.76 bits per heavy atom. The van der Waals surface area contributed by atoms with Crippen molar-refractivity contribution < 1.29 is 14.7 Å². The monoisotopic (exact) mass is 296 g/mol. The van der Waals surface area contributed by atoms with Gasteiger partial charge in [-0.25, -0.2) is 0 Å². The van der Waals surface area contributed by atoms with Crippen molar-refractivity contribution in [2.45, 2.75) is 52.1 Å². The molecular weight excluding hydrogens is 268 g/mol. The SMILES string of the molecule is CC(C)CC(O)CNC(=O)C1CCN(C(=O)C2CC2)CC1. The predicted octanol–water partition coefficient (Wildman–Crippen LogP) is 1.16. The van der Waals surface area contributed by atoms with E-state index in [9.17, 15) is 14.7 Å². The number of likely N-dealkylation sites (tertiary alicyclic amines) is 1. The molecule has 0 radical (unpaired) electrons. The zero-order valence-electron chi connectivity index (χ0n) is 13.2. The minimum atomic E-state index is -0.467. The number of hydrogen-bond acceptors (Lipinski definition) is 3. The summed E-state index contributed by atoms with van der Waals surface area (Å²) >= 11 is 0. The van der Waals surface area contributed by atoms with Gasteiger partial charge in [0.2, 0.25) is 11.8 Å². The quantitative estimate of drug-likeness (QED) is 0.773. The molecule has 1 heterocycles. The van der Waals surface area contributed by atoms with Crippen molar-refractivity contribution in [2.24, 2.45) is 17.8 Å². The van der Waals surface area contributed by atoms with Crippen molar-refractivity contribution in [3.63, 3.8) is 0 Å². The first-order chi connectivity index (χ1) is 9.97. The maximum atomic E-state index is 12.1. The van der Waals surface area contributed by atoms with Crippen molar-refractivity contribution in [1.29, 1.82) is 0 Å². The van der Waals surface area contributed by atoms with Gasteiger partial charge in [0.1, 0.15) is 0 Å². The number of nitrogens with one attached hydrogen (secondary N) is 1. The fourth-order valence-corrected chi connectivity index (χ4v) is 2.94. The summed E-state index contributed by atoms with van der Waals surface area (Å²) in [5.41, 5.74) is 0. The summed E-state index contributed by atoms with van der Waals surface area (Å²) in [5.74, 6) is 0.979. The molecule has 2 aliphatic rings. The zero-order valence-corrected chi connectivity index (χ0v) is 13.2. The van der Waals surface area contributed by atoms with Crippen LogP contribution in [0.2, 0.25) is 0 Å². The van der Waals surface area contributed by atoms with Gasteiger partial charge in [-0.05, 0) is 38.0 Å². The Labute approximate surface area is 127 Å². The summed E-state index contributed by atoms with van der Waals surface area (Å²) in [5, 5.41) is 12.6. The number of amides is 2. The Kier molecular flexibility index (Phi) is 5.62. The molecule has 2 N–H and O–H groups in total. The highest BCUT2D eigenvalue weighted by Crippen LogP contribution is 2.32. The number of carbonyl (C=O) groups is 2. The Bertz CT molecular complexity index is 372. The van der Waals surface area contributed by atoms with Crippen LogP contribution in [0.3, 0.4) is 0 Å². The predicted molar refractivity (Wildman–Crippen MR) is 80.5 cm³/mol. The van der Waals surface area contributed by atoms with E-state index < -0.39 is 6.10 Å². The molecule has 0 aromatic rings. The molecule has 120 valence electrons. The molecule has 0 aromatic carbocycles. The summed E-state index contributed by atoms with van der Waals surface area (Å²) in [6, 6.07) is 0. The fraction of sp³-hybridized carbons (Fsp3) is 0.875. The number of hydrogen-bond donors (Lipinski definition) is 2. The molecule has 1 unspecified atom stereocenters. The second-order valence-corrected chi connectivity index (χ2v) is 6.90. The van der Waals surface area contributed by atoms with Crippen LogP contribution in [0.4, 0.5) is 0 Å². The van der Waals surface area contributed by atoms with Crippen molar-refractivity contribution >= 4 is 11.8 Å². The van der Waals surface area contributed by atoms with Crippen molar-refractivity contribution in [1.82, 2.24) is 10.2 Å². The van der Waals surface area contributed by atoms with Crippen LogP contribution in [-0.2, 0) is 9.59 Å². The normalized spacial score (nSPS) is 21.4. The number of rotatable bonds is 6. The highest BCUT2D eigenvalue weighted by atomic mass is 16.3. The minimum absolute atomic E-state index is 0.0143. The lowest BCUT2D eigenvalue weighted by Gasteiger charge is -2.31. The molecule has 0 spiro atoms. The third-order valence-electron chi connectivity index (χ3n) is 4.36. The van der Waals surface area contributed by atoms with Crippen LogP contribution in [0, 0.1) is 17.8 Å². The van der Waals surface area contributed by atoms with E-state index in [0.29, 0.717) is 32.0 Å². The van der Waals surface area contributed by atoms with Gasteiger partial charge in [-0.15, -0.1) is 0 Å². The van der Waals surface area contributed by atoms with Gasteiger partial charge in [0, 0.05) is 31.5 Å². The molecule has 1 aliphatic heterocycles. The Morgan fingerprint density at radius 1 is 1.14 bits per heavy atom. The summed E-state index contributed by atoms with van der Waals surface area (Å²) in [6.45, 7) is 5.83. The topological polar surface area (TPSA) is 69.6 Å². The first-order valence-electron chi connectivity index (χ1n) is 8.22. The highest BCUT2D eigenvalue weighted by Gasteiger charge is 2.35. The maximum Gasteiger partial charge on any atom is 0.225 e. The van der Waals surface area contributed by atoms with Gasteiger partial charge in [0.25, 0.3) is 0 Å². The lowest BCUT2D eigenvalue weighted by molar-refractivity contribution is -0.136. The molecule has 2 amide bonds. The summed E-state index contributed by atoms with van der Waals surface area (Å²) < 4.78 is 0. The molecule has 5 heteroatoms. The molecular formula is C16H28N2O3. The van der Waals surface area contributed by atoms with E-state index in [1.807, 2.05) is 4.90 Å². The minimum Gasteiger partial charge on any atom is -0.391 e. The van der Waals surface area contributed by atoms with E-state index in [0.717, 1.165) is 25.7 Å². The molecule has 1 saturated carbocycles. The smallest absolute Gasteiger partial charge is 0.225 e. The average molecular weight is 296 g/mol. The van der Waals surface area contributed by atoms with E-state index in [-0.39, 0.29) is 23.7 Å². The Hall–Kier alpha value is -1.10. The lowest BCUT2D eigenvalue weighted by Crippen LogP contribution is -2.44. The van der Waals surface area contributed by atoms with Crippen molar-refractivity contribution in [3.8, 4) is 0 Å². The summed E-state index contributed by atoms with van der Waals surface area (Å²) in [4.78, 5) is 25.9. The summed E-state index contributed by atoms with van der Waals surface area (Å²) in [7, 11) is 0. The second-order valence-electron chi connectivity index (χ2n) is 6.90. The van der Waals surface area contributed by atoms with Gasteiger partial charge < -0.3 is 15.3 Å². The Balaban J connectivity index is 1.66. The fourth-order valence-electron chi connectivity index (χ4n) is 2.94. The molecule has 1 atom stereocenters. The molecule has 2 rings (SSSR count). The van der Waals surface area contributed by atoms with Crippen LogP contribution in [0.15, 0.2) is 0 Å². The molecule has 5 nitrogen and oxygen atoms in total. The van der Waals surface area contributed by atoms with Crippen LogP contribution in [0.5, 0.6) is 0 Å². The van der Waals surface area contributed by atoms with E-state index in [2.05, 4.69) is 19.2 Å². The van der Waals surface area contributed by atoms with Crippen LogP contribution in [-0.4, -0.2) is 47.6 Å². The van der Waals surface area contributed by atoms with Gasteiger partial charge >= 0.3 is 0 Å².